The molecule has 6 heteroatoms. The van der Waals surface area contributed by atoms with Gasteiger partial charge in [0.25, 0.3) is 5.91 Å². The lowest BCUT2D eigenvalue weighted by Crippen LogP contribution is -2.41. The van der Waals surface area contributed by atoms with Crippen molar-refractivity contribution in [2.45, 2.75) is 32.7 Å². The Kier molecular flexibility index (Phi) is 5.52. The largest absolute Gasteiger partial charge is 0.480 e. The summed E-state index contributed by atoms with van der Waals surface area (Å²) in [6, 6.07) is 8.52. The first-order valence-electron chi connectivity index (χ1n) is 7.72. The minimum absolute atomic E-state index is 0.301. The number of rotatable bonds is 7. The number of carbonyl (C=O) groups is 2. The van der Waals surface area contributed by atoms with Crippen LogP contribution >= 0.6 is 0 Å². The summed E-state index contributed by atoms with van der Waals surface area (Å²) in [7, 11) is 0. The number of hydrogen-bond acceptors (Lipinski definition) is 3. The summed E-state index contributed by atoms with van der Waals surface area (Å²) < 4.78 is 1.68. The molecule has 2 aromatic rings. The lowest BCUT2D eigenvalue weighted by atomic mass is 10.1. The number of carboxylic acid groups (broad SMARTS) is 1. The summed E-state index contributed by atoms with van der Waals surface area (Å²) in [6.07, 6.45) is 2.44. The van der Waals surface area contributed by atoms with Crippen LogP contribution in [0.5, 0.6) is 0 Å². The van der Waals surface area contributed by atoms with Crippen LogP contribution < -0.4 is 5.32 Å². The lowest BCUT2D eigenvalue weighted by Gasteiger charge is -2.14. The summed E-state index contributed by atoms with van der Waals surface area (Å²) in [5.74, 6) is -1.49. The van der Waals surface area contributed by atoms with Gasteiger partial charge in [-0.25, -0.2) is 9.48 Å². The monoisotopic (exact) mass is 327 g/mol. The van der Waals surface area contributed by atoms with E-state index in [2.05, 4.69) is 17.0 Å². The number of para-hydroxylation sites is 1. The first kappa shape index (κ1) is 17.5. The number of carboxylic acids is 1. The van der Waals surface area contributed by atoms with Crippen molar-refractivity contribution in [2.75, 3.05) is 0 Å². The number of benzene rings is 1. The highest BCUT2D eigenvalue weighted by Crippen LogP contribution is 2.18. The zero-order chi connectivity index (χ0) is 17.7. The van der Waals surface area contributed by atoms with Gasteiger partial charge in [0.05, 0.1) is 22.6 Å². The molecule has 0 saturated heterocycles. The molecule has 6 nitrogen and oxygen atoms in total. The molecule has 0 bridgehead atoms. The Morgan fingerprint density at radius 2 is 2.00 bits per heavy atom. The molecule has 1 heterocycles. The fourth-order valence-electron chi connectivity index (χ4n) is 2.56. The van der Waals surface area contributed by atoms with Crippen molar-refractivity contribution in [3.63, 3.8) is 0 Å². The maximum Gasteiger partial charge on any atom is 0.326 e. The smallest absolute Gasteiger partial charge is 0.326 e. The minimum atomic E-state index is -1.06. The van der Waals surface area contributed by atoms with E-state index >= 15 is 0 Å². The number of allylic oxidation sites excluding steroid dienone is 1. The van der Waals surface area contributed by atoms with E-state index in [1.165, 1.54) is 0 Å². The third kappa shape index (κ3) is 3.71. The molecular formula is C18H21N3O3. The number of aryl methyl sites for hydroxylation is 1. The number of nitrogens with one attached hydrogen (secondary N) is 1. The molecule has 0 aliphatic carbocycles. The number of nitrogens with zero attached hydrogens (tertiary/aromatic N) is 2. The van der Waals surface area contributed by atoms with Crippen LogP contribution in [-0.2, 0) is 4.79 Å². The Hall–Kier alpha value is -2.89. The summed E-state index contributed by atoms with van der Waals surface area (Å²) in [4.78, 5) is 23.9. The Bertz CT molecular complexity index is 750. The third-order valence-electron chi connectivity index (χ3n) is 3.78. The van der Waals surface area contributed by atoms with Gasteiger partial charge in [0.2, 0.25) is 0 Å². The van der Waals surface area contributed by atoms with E-state index in [0.29, 0.717) is 29.8 Å². The van der Waals surface area contributed by atoms with E-state index in [1.807, 2.05) is 30.3 Å². The Labute approximate surface area is 140 Å². The number of amides is 1. The van der Waals surface area contributed by atoms with Crippen LogP contribution in [0.25, 0.3) is 5.69 Å². The Balaban J connectivity index is 2.28. The average molecular weight is 327 g/mol. The Morgan fingerprint density at radius 3 is 2.58 bits per heavy atom. The molecule has 2 N–H and O–H groups in total. The van der Waals surface area contributed by atoms with E-state index in [9.17, 15) is 14.7 Å². The van der Waals surface area contributed by atoms with Crippen molar-refractivity contribution in [3.8, 4) is 5.69 Å². The van der Waals surface area contributed by atoms with Crippen LogP contribution in [0.2, 0.25) is 0 Å². The number of aliphatic carboxylic acids is 1. The highest BCUT2D eigenvalue weighted by molar-refractivity contribution is 5.98. The molecule has 0 aliphatic heterocycles. The van der Waals surface area contributed by atoms with Crippen LogP contribution in [0.15, 0.2) is 43.0 Å². The van der Waals surface area contributed by atoms with Crippen LogP contribution in [-0.4, -0.2) is 32.8 Å². The van der Waals surface area contributed by atoms with Gasteiger partial charge in [0.15, 0.2) is 0 Å². The average Bonchev–Trinajstić information content (AvgIpc) is 2.86. The topological polar surface area (TPSA) is 84.2 Å². The fraction of sp³-hybridized carbons (Fsp3) is 0.278. The molecule has 0 spiro atoms. The number of hydrogen-bond donors (Lipinski definition) is 2. The van der Waals surface area contributed by atoms with Crippen LogP contribution in [0, 0.1) is 13.8 Å². The Morgan fingerprint density at radius 1 is 1.33 bits per heavy atom. The van der Waals surface area contributed by atoms with Gasteiger partial charge in [-0.15, -0.1) is 6.58 Å². The van der Waals surface area contributed by atoms with Gasteiger partial charge in [-0.2, -0.15) is 5.10 Å². The van der Waals surface area contributed by atoms with Crippen molar-refractivity contribution in [1.82, 2.24) is 15.1 Å². The quantitative estimate of drug-likeness (QED) is 0.766. The summed E-state index contributed by atoms with van der Waals surface area (Å²) in [5, 5.41) is 16.2. The van der Waals surface area contributed by atoms with E-state index in [0.717, 1.165) is 5.69 Å². The molecule has 0 fully saturated rings. The zero-order valence-electron chi connectivity index (χ0n) is 13.8. The predicted molar refractivity (Wildman–Crippen MR) is 91.4 cm³/mol. The highest BCUT2D eigenvalue weighted by Gasteiger charge is 2.24. The van der Waals surface area contributed by atoms with Gasteiger partial charge in [-0.1, -0.05) is 24.3 Å². The number of carbonyl (C=O) groups excluding carboxylic acids is 1. The normalized spacial score (nSPS) is 11.8. The van der Waals surface area contributed by atoms with Crippen LogP contribution in [0.3, 0.4) is 0 Å². The summed E-state index contributed by atoms with van der Waals surface area (Å²) >= 11 is 0. The van der Waals surface area contributed by atoms with Gasteiger partial charge in [0.1, 0.15) is 6.04 Å². The van der Waals surface area contributed by atoms with Gasteiger partial charge in [-0.05, 0) is 38.8 Å². The van der Waals surface area contributed by atoms with Gasteiger partial charge in [-0.3, -0.25) is 4.79 Å². The van der Waals surface area contributed by atoms with Gasteiger partial charge >= 0.3 is 5.97 Å². The van der Waals surface area contributed by atoms with E-state index in [4.69, 9.17) is 0 Å². The maximum absolute atomic E-state index is 12.6. The molecule has 2 rings (SSSR count). The molecule has 126 valence electrons. The molecule has 1 aromatic heterocycles. The molecule has 1 atom stereocenters. The third-order valence-corrected chi connectivity index (χ3v) is 3.78. The van der Waals surface area contributed by atoms with Crippen molar-refractivity contribution >= 4 is 11.9 Å². The number of aromatic nitrogens is 2. The van der Waals surface area contributed by atoms with Gasteiger partial charge in [0, 0.05) is 0 Å². The summed E-state index contributed by atoms with van der Waals surface area (Å²) in [5.41, 5.74) is 2.48. The van der Waals surface area contributed by atoms with Crippen molar-refractivity contribution in [1.29, 1.82) is 0 Å². The first-order chi connectivity index (χ1) is 11.5. The van der Waals surface area contributed by atoms with Crippen LogP contribution in [0.1, 0.15) is 34.6 Å². The van der Waals surface area contributed by atoms with Crippen molar-refractivity contribution in [2.24, 2.45) is 0 Å². The highest BCUT2D eigenvalue weighted by atomic mass is 16.4. The molecule has 1 aromatic carbocycles. The molecule has 1 amide bonds. The van der Waals surface area contributed by atoms with E-state index in [-0.39, 0.29) is 0 Å². The fourth-order valence-corrected chi connectivity index (χ4v) is 2.56. The predicted octanol–water partition coefficient (Wildman–Crippen LogP) is 2.64. The second kappa shape index (κ2) is 7.59. The summed E-state index contributed by atoms with van der Waals surface area (Å²) in [6.45, 7) is 7.11. The SMILES string of the molecule is C=CCCC(NC(=O)c1c(C)nn(-c2ccccc2)c1C)C(=O)O. The maximum atomic E-state index is 12.6. The molecule has 24 heavy (non-hydrogen) atoms. The van der Waals surface area contributed by atoms with Crippen LogP contribution in [0.4, 0.5) is 0 Å². The molecule has 0 aliphatic rings. The molecular weight excluding hydrogens is 306 g/mol. The molecule has 1 unspecified atom stereocenters. The van der Waals surface area contributed by atoms with E-state index < -0.39 is 17.9 Å². The van der Waals surface area contributed by atoms with Gasteiger partial charge < -0.3 is 10.4 Å². The second-order valence-electron chi connectivity index (χ2n) is 5.52. The standard InChI is InChI=1S/C18H21N3O3/c1-4-5-11-15(18(23)24)19-17(22)16-12(2)20-21(13(16)3)14-9-7-6-8-10-14/h4,6-10,15H,1,5,11H2,2-3H3,(H,19,22)(H,23,24). The molecule has 0 saturated carbocycles. The zero-order valence-corrected chi connectivity index (χ0v) is 13.8. The van der Waals surface area contributed by atoms with E-state index in [1.54, 1.807) is 24.6 Å². The van der Waals surface area contributed by atoms with Crippen molar-refractivity contribution < 1.29 is 14.7 Å². The minimum Gasteiger partial charge on any atom is -0.480 e. The van der Waals surface area contributed by atoms with Crippen molar-refractivity contribution in [3.05, 3.63) is 59.9 Å². The molecule has 0 radical (unpaired) electrons. The first-order valence-corrected chi connectivity index (χ1v) is 7.72. The second-order valence-corrected chi connectivity index (χ2v) is 5.52. The lowest BCUT2D eigenvalue weighted by molar-refractivity contribution is -0.139.